The lowest BCUT2D eigenvalue weighted by atomic mass is 10.2. The number of nitrogens with one attached hydrogen (secondary N) is 1. The Hall–Kier alpha value is -1.24. The molecule has 11 heteroatoms. The number of benzene rings is 1. The molecule has 1 aromatic rings. The quantitative estimate of drug-likeness (QED) is 0.615. The summed E-state index contributed by atoms with van der Waals surface area (Å²) in [6.45, 7) is 2.05. The van der Waals surface area contributed by atoms with Gasteiger partial charge in [-0.15, -0.1) is 3.71 Å². The van der Waals surface area contributed by atoms with Crippen LogP contribution in [0.15, 0.2) is 24.3 Å². The topological polar surface area (TPSA) is 93.2 Å². The zero-order chi connectivity index (χ0) is 18.2. The molecule has 2 N–H and O–H groups in total. The summed E-state index contributed by atoms with van der Waals surface area (Å²) < 4.78 is 21.7. The zero-order valence-corrected chi connectivity index (χ0v) is 15.7. The van der Waals surface area contributed by atoms with Crippen LogP contribution in [0.3, 0.4) is 0 Å². The van der Waals surface area contributed by atoms with Crippen molar-refractivity contribution in [3.05, 3.63) is 24.3 Å². The fourth-order valence-electron chi connectivity index (χ4n) is 2.98. The van der Waals surface area contributed by atoms with E-state index in [0.29, 0.717) is 31.7 Å². The van der Waals surface area contributed by atoms with Crippen LogP contribution in [0, 0.1) is 0 Å². The van der Waals surface area contributed by atoms with Gasteiger partial charge in [0.25, 0.3) is 0 Å². The highest BCUT2D eigenvalue weighted by Crippen LogP contribution is 2.28. The van der Waals surface area contributed by atoms with E-state index in [1.165, 1.54) is 4.90 Å². The molecule has 0 saturated carbocycles. The first-order valence-corrected chi connectivity index (χ1v) is 10.5. The molecule has 136 valence electrons. The molecule has 2 fully saturated rings. The third kappa shape index (κ3) is 3.81. The Morgan fingerprint density at radius 2 is 1.80 bits per heavy atom. The lowest BCUT2D eigenvalue weighted by molar-refractivity contribution is -0.119. The summed E-state index contributed by atoms with van der Waals surface area (Å²) in [7, 11) is -3.72. The molecule has 3 rings (SSSR count). The second kappa shape index (κ2) is 7.17. The molecular weight excluding hydrogens is 384 g/mol. The molecule has 8 nitrogen and oxygen atoms in total. The largest absolute Gasteiger partial charge is 0.311 e. The molecule has 0 spiro atoms. The molecule has 1 aromatic carbocycles. The lowest BCUT2D eigenvalue weighted by Crippen LogP contribution is -2.48. The number of hydrogen-bond acceptors (Lipinski definition) is 6. The number of piperazine rings is 1. The molecule has 2 unspecified atom stereocenters. The van der Waals surface area contributed by atoms with E-state index in [1.54, 1.807) is 29.2 Å². The van der Waals surface area contributed by atoms with Crippen LogP contribution >= 0.6 is 12.8 Å². The standard InChI is InChI=1S/C14H18N4O4S3/c19-13-9-15-6-8-16(13)10-1-3-11(4-2-10)17-7-5-12(14(17)20)18(23)25(21,22)24/h1-4,12,15,23H,5-9H2,(H,21,22,24). The summed E-state index contributed by atoms with van der Waals surface area (Å²) in [5.74, 6) is -0.321. The van der Waals surface area contributed by atoms with Crippen molar-refractivity contribution in [1.29, 1.82) is 0 Å². The number of thiol groups is 1. The van der Waals surface area contributed by atoms with E-state index >= 15 is 0 Å². The van der Waals surface area contributed by atoms with Gasteiger partial charge in [-0.3, -0.25) is 14.1 Å². The number of hydrogen-bond donors (Lipinski definition) is 3. The number of amides is 2. The van der Waals surface area contributed by atoms with Crippen molar-refractivity contribution in [3.63, 3.8) is 0 Å². The first kappa shape index (κ1) is 18.5. The van der Waals surface area contributed by atoms with Crippen LogP contribution in [0.25, 0.3) is 0 Å². The lowest BCUT2D eigenvalue weighted by Gasteiger charge is -2.28. The van der Waals surface area contributed by atoms with Gasteiger partial charge in [-0.05, 0) is 30.7 Å². The second-order valence-corrected chi connectivity index (χ2v) is 9.08. The summed E-state index contributed by atoms with van der Waals surface area (Å²) in [6, 6.07) is 6.27. The van der Waals surface area contributed by atoms with E-state index in [4.69, 9.17) is 0 Å². The number of anilines is 2. The number of rotatable bonds is 4. The highest BCUT2D eigenvalue weighted by molar-refractivity contribution is 8.30. The second-order valence-electron chi connectivity index (χ2n) is 5.78. The number of nitrogens with zero attached hydrogens (tertiary/aromatic N) is 3. The van der Waals surface area contributed by atoms with E-state index in [1.807, 2.05) is 0 Å². The molecule has 2 aliphatic rings. The summed E-state index contributed by atoms with van der Waals surface area (Å²) >= 11 is 8.39. The van der Waals surface area contributed by atoms with Crippen molar-refractivity contribution in [2.24, 2.45) is 0 Å². The van der Waals surface area contributed by atoms with Gasteiger partial charge in [0.15, 0.2) is 0 Å². The SMILES string of the molecule is O=C1CNCCN1c1ccc(N2CCC(N(S)S(=O)(O)=S)C2=O)cc1. The van der Waals surface area contributed by atoms with E-state index < -0.39 is 15.0 Å². The maximum absolute atomic E-state index is 12.5. The minimum absolute atomic E-state index is 0.00480. The average molecular weight is 403 g/mol. The summed E-state index contributed by atoms with van der Waals surface area (Å²) in [5.41, 5.74) is 1.44. The third-order valence-corrected chi connectivity index (χ3v) is 6.73. The van der Waals surface area contributed by atoms with Gasteiger partial charge in [-0.25, -0.2) is 4.21 Å². The minimum Gasteiger partial charge on any atom is -0.311 e. The van der Waals surface area contributed by atoms with Gasteiger partial charge in [0.2, 0.25) is 20.8 Å². The summed E-state index contributed by atoms with van der Waals surface area (Å²) in [5, 5.41) is 3.02. The monoisotopic (exact) mass is 402 g/mol. The van der Waals surface area contributed by atoms with Crippen LogP contribution in [0.2, 0.25) is 0 Å². The van der Waals surface area contributed by atoms with Crippen LogP contribution in [-0.4, -0.2) is 56.5 Å². The van der Waals surface area contributed by atoms with Crippen LogP contribution in [0.4, 0.5) is 11.4 Å². The maximum Gasteiger partial charge on any atom is 0.246 e. The van der Waals surface area contributed by atoms with E-state index in [9.17, 15) is 18.4 Å². The fourth-order valence-corrected chi connectivity index (χ4v) is 4.02. The first-order valence-electron chi connectivity index (χ1n) is 7.67. The van der Waals surface area contributed by atoms with Crippen LogP contribution in [-0.2, 0) is 29.7 Å². The average Bonchev–Trinajstić information content (AvgIpc) is 2.95. The first-order chi connectivity index (χ1) is 11.8. The van der Waals surface area contributed by atoms with Gasteiger partial charge in [0, 0.05) is 42.2 Å². The highest BCUT2D eigenvalue weighted by atomic mass is 32.9. The molecule has 2 aliphatic heterocycles. The zero-order valence-electron chi connectivity index (χ0n) is 13.2. The van der Waals surface area contributed by atoms with Gasteiger partial charge in [-0.1, -0.05) is 12.8 Å². The Morgan fingerprint density at radius 3 is 2.36 bits per heavy atom. The molecule has 2 atom stereocenters. The van der Waals surface area contributed by atoms with Gasteiger partial charge in [0.05, 0.1) is 6.54 Å². The Balaban J connectivity index is 1.75. The third-order valence-electron chi connectivity index (χ3n) is 4.24. The predicted molar refractivity (Wildman–Crippen MR) is 101 cm³/mol. The van der Waals surface area contributed by atoms with Gasteiger partial charge >= 0.3 is 0 Å². The van der Waals surface area contributed by atoms with E-state index in [0.717, 1.165) is 15.9 Å². The molecule has 2 saturated heterocycles. The summed E-state index contributed by atoms with van der Waals surface area (Å²) in [6.07, 6.45) is 0.356. The van der Waals surface area contributed by atoms with E-state index in [2.05, 4.69) is 29.3 Å². The van der Waals surface area contributed by atoms with Gasteiger partial charge in [-0.2, -0.15) is 0 Å². The fraction of sp³-hybridized carbons (Fsp3) is 0.429. The minimum atomic E-state index is -3.72. The van der Waals surface area contributed by atoms with Crippen molar-refractivity contribution < 1.29 is 18.4 Å². The molecule has 0 radical (unpaired) electrons. The van der Waals surface area contributed by atoms with Gasteiger partial charge in [0.1, 0.15) is 6.04 Å². The van der Waals surface area contributed by atoms with Crippen LogP contribution < -0.4 is 15.1 Å². The predicted octanol–water partition coefficient (Wildman–Crippen LogP) is 0.00920. The smallest absolute Gasteiger partial charge is 0.246 e. The summed E-state index contributed by atoms with van der Waals surface area (Å²) in [4.78, 5) is 27.7. The van der Waals surface area contributed by atoms with Crippen LogP contribution in [0.5, 0.6) is 0 Å². The number of carbonyl (C=O) groups excluding carboxylic acids is 2. The molecule has 2 heterocycles. The van der Waals surface area contributed by atoms with Gasteiger partial charge < -0.3 is 15.1 Å². The highest BCUT2D eigenvalue weighted by Gasteiger charge is 2.39. The Morgan fingerprint density at radius 1 is 1.20 bits per heavy atom. The normalized spacial score (nSPS) is 24.0. The van der Waals surface area contributed by atoms with Crippen molar-refractivity contribution in [3.8, 4) is 0 Å². The van der Waals surface area contributed by atoms with Crippen LogP contribution in [0.1, 0.15) is 6.42 Å². The van der Waals surface area contributed by atoms with Crippen molar-refractivity contribution >= 4 is 56.2 Å². The van der Waals surface area contributed by atoms with Crippen molar-refractivity contribution in [2.75, 3.05) is 36.0 Å². The Kier molecular flexibility index (Phi) is 5.32. The Labute approximate surface area is 156 Å². The van der Waals surface area contributed by atoms with Crippen molar-refractivity contribution in [2.45, 2.75) is 12.5 Å². The molecule has 0 aromatic heterocycles. The molecule has 2 amide bonds. The van der Waals surface area contributed by atoms with E-state index in [-0.39, 0.29) is 11.8 Å². The molecule has 25 heavy (non-hydrogen) atoms. The molecule has 0 bridgehead atoms. The Bertz CT molecular complexity index is 784. The molecule has 0 aliphatic carbocycles. The van der Waals surface area contributed by atoms with Crippen molar-refractivity contribution in [1.82, 2.24) is 9.03 Å². The molecular formula is C14H18N4O4S3. The maximum atomic E-state index is 12.5. The number of carbonyl (C=O) groups is 2.